The maximum absolute atomic E-state index is 12.7. The second kappa shape index (κ2) is 4.25. The van der Waals surface area contributed by atoms with Crippen LogP contribution >= 0.6 is 0 Å². The molecule has 0 aromatic heterocycles. The highest BCUT2D eigenvalue weighted by atomic mass is 19.3. The van der Waals surface area contributed by atoms with Crippen LogP contribution in [0.25, 0.3) is 0 Å². The van der Waals surface area contributed by atoms with E-state index in [-0.39, 0.29) is 17.9 Å². The van der Waals surface area contributed by atoms with Gasteiger partial charge in [0.1, 0.15) is 0 Å². The predicted molar refractivity (Wildman–Crippen MR) is 53.4 cm³/mol. The Morgan fingerprint density at radius 2 is 1.94 bits per heavy atom. The molecule has 0 amide bonds. The average Bonchev–Trinajstić information content (AvgIpc) is 2.61. The van der Waals surface area contributed by atoms with Crippen molar-refractivity contribution >= 4 is 11.8 Å². The molecule has 1 heterocycles. The SMILES string of the molecule is COC(=O)C(=O)Cc1ccc2c(c1)OC(F)(F)O2. The molecule has 0 saturated carbocycles. The van der Waals surface area contributed by atoms with Crippen molar-refractivity contribution in [2.45, 2.75) is 12.7 Å². The van der Waals surface area contributed by atoms with Crippen LogP contribution in [-0.4, -0.2) is 25.2 Å². The summed E-state index contributed by atoms with van der Waals surface area (Å²) in [4.78, 5) is 22.2. The smallest absolute Gasteiger partial charge is 0.463 e. The van der Waals surface area contributed by atoms with E-state index in [1.165, 1.54) is 18.2 Å². The van der Waals surface area contributed by atoms with Crippen LogP contribution in [0.4, 0.5) is 8.78 Å². The van der Waals surface area contributed by atoms with Gasteiger partial charge in [0.15, 0.2) is 11.5 Å². The Bertz CT molecular complexity index is 512. The van der Waals surface area contributed by atoms with E-state index >= 15 is 0 Å². The molecule has 0 aliphatic carbocycles. The minimum absolute atomic E-state index is 0.116. The molecule has 7 heteroatoms. The van der Waals surface area contributed by atoms with Gasteiger partial charge in [-0.15, -0.1) is 8.78 Å². The molecular weight excluding hydrogens is 250 g/mol. The van der Waals surface area contributed by atoms with E-state index in [0.29, 0.717) is 5.56 Å². The van der Waals surface area contributed by atoms with Gasteiger partial charge >= 0.3 is 12.3 Å². The summed E-state index contributed by atoms with van der Waals surface area (Å²) in [6.07, 6.45) is -3.96. The van der Waals surface area contributed by atoms with Gasteiger partial charge in [-0.2, -0.15) is 0 Å². The van der Waals surface area contributed by atoms with E-state index in [0.717, 1.165) is 7.11 Å². The maximum Gasteiger partial charge on any atom is 0.586 e. The summed E-state index contributed by atoms with van der Waals surface area (Å²) in [5.74, 6) is -2.05. The van der Waals surface area contributed by atoms with Crippen molar-refractivity contribution < 1.29 is 32.6 Å². The molecule has 0 N–H and O–H groups in total. The molecule has 5 nitrogen and oxygen atoms in total. The van der Waals surface area contributed by atoms with Crippen LogP contribution in [-0.2, 0) is 20.7 Å². The molecule has 1 aliphatic rings. The van der Waals surface area contributed by atoms with Crippen LogP contribution in [0.3, 0.4) is 0 Å². The van der Waals surface area contributed by atoms with Gasteiger partial charge in [-0.25, -0.2) is 4.79 Å². The van der Waals surface area contributed by atoms with Crippen molar-refractivity contribution in [3.05, 3.63) is 23.8 Å². The number of carbonyl (C=O) groups is 2. The van der Waals surface area contributed by atoms with E-state index in [9.17, 15) is 18.4 Å². The molecule has 0 fully saturated rings. The van der Waals surface area contributed by atoms with Crippen molar-refractivity contribution in [1.82, 2.24) is 0 Å². The standard InChI is InChI=1S/C11H8F2O5/c1-16-10(15)7(14)4-6-2-3-8-9(5-6)18-11(12,13)17-8/h2-3,5H,4H2,1H3. The first-order valence-electron chi connectivity index (χ1n) is 4.91. The zero-order chi connectivity index (χ0) is 13.3. The summed E-state index contributed by atoms with van der Waals surface area (Å²) in [7, 11) is 1.08. The fourth-order valence-corrected chi connectivity index (χ4v) is 1.47. The number of Topliss-reactive ketones (excluding diaryl/α,β-unsaturated/α-hetero) is 1. The number of esters is 1. The van der Waals surface area contributed by atoms with Crippen molar-refractivity contribution in [3.63, 3.8) is 0 Å². The zero-order valence-electron chi connectivity index (χ0n) is 9.24. The van der Waals surface area contributed by atoms with Crippen molar-refractivity contribution in [2.24, 2.45) is 0 Å². The molecule has 96 valence electrons. The van der Waals surface area contributed by atoms with Crippen LogP contribution in [0.1, 0.15) is 5.56 Å². The van der Waals surface area contributed by atoms with Gasteiger partial charge in [-0.3, -0.25) is 4.79 Å². The normalized spacial score (nSPS) is 15.3. The van der Waals surface area contributed by atoms with Crippen LogP contribution in [0.15, 0.2) is 18.2 Å². The second-order valence-electron chi connectivity index (χ2n) is 3.54. The molecule has 1 aliphatic heterocycles. The first-order chi connectivity index (χ1) is 8.41. The third kappa shape index (κ3) is 2.39. The number of halogens is 2. The van der Waals surface area contributed by atoms with Crippen LogP contribution in [0, 0.1) is 0 Å². The second-order valence-corrected chi connectivity index (χ2v) is 3.54. The lowest BCUT2D eigenvalue weighted by Gasteiger charge is -2.04. The van der Waals surface area contributed by atoms with Gasteiger partial charge in [0.05, 0.1) is 7.11 Å². The van der Waals surface area contributed by atoms with Crippen LogP contribution in [0.5, 0.6) is 11.5 Å². The molecule has 2 rings (SSSR count). The summed E-state index contributed by atoms with van der Waals surface area (Å²) in [6, 6.07) is 3.86. The molecule has 1 aromatic carbocycles. The summed E-state index contributed by atoms with van der Waals surface area (Å²) < 4.78 is 38.1. The number of hydrogen-bond acceptors (Lipinski definition) is 5. The minimum atomic E-state index is -3.70. The summed E-state index contributed by atoms with van der Waals surface area (Å²) in [6.45, 7) is 0. The molecule has 1 aromatic rings. The molecule has 0 unspecified atom stereocenters. The van der Waals surface area contributed by atoms with Crippen molar-refractivity contribution in [1.29, 1.82) is 0 Å². The fourth-order valence-electron chi connectivity index (χ4n) is 1.47. The molecule has 18 heavy (non-hydrogen) atoms. The summed E-state index contributed by atoms with van der Waals surface area (Å²) in [5.41, 5.74) is 0.352. The molecule has 0 atom stereocenters. The number of carbonyl (C=O) groups excluding carboxylic acids is 2. The lowest BCUT2D eigenvalue weighted by atomic mass is 10.1. The number of fused-ring (bicyclic) bond motifs is 1. The Morgan fingerprint density at radius 3 is 2.61 bits per heavy atom. The Morgan fingerprint density at radius 1 is 1.28 bits per heavy atom. The Labute approximate surface area is 100 Å². The third-order valence-corrected chi connectivity index (χ3v) is 2.24. The molecule has 0 bridgehead atoms. The van der Waals surface area contributed by atoms with E-state index in [1.54, 1.807) is 0 Å². The summed E-state index contributed by atoms with van der Waals surface area (Å²) in [5, 5.41) is 0. The highest BCUT2D eigenvalue weighted by molar-refractivity contribution is 6.34. The summed E-state index contributed by atoms with van der Waals surface area (Å²) >= 11 is 0. The van der Waals surface area contributed by atoms with Gasteiger partial charge in [0, 0.05) is 6.42 Å². The van der Waals surface area contributed by atoms with E-state index in [4.69, 9.17) is 0 Å². The van der Waals surface area contributed by atoms with Crippen molar-refractivity contribution in [2.75, 3.05) is 7.11 Å². The van der Waals surface area contributed by atoms with Gasteiger partial charge in [0.25, 0.3) is 0 Å². The number of rotatable bonds is 3. The van der Waals surface area contributed by atoms with Gasteiger partial charge in [0.2, 0.25) is 5.78 Å². The topological polar surface area (TPSA) is 61.8 Å². The molecule has 0 spiro atoms. The monoisotopic (exact) mass is 258 g/mol. The zero-order valence-corrected chi connectivity index (χ0v) is 9.24. The Kier molecular flexibility index (Phi) is 2.90. The first-order valence-corrected chi connectivity index (χ1v) is 4.91. The van der Waals surface area contributed by atoms with Gasteiger partial charge < -0.3 is 14.2 Å². The van der Waals surface area contributed by atoms with Gasteiger partial charge in [-0.1, -0.05) is 6.07 Å². The number of hydrogen-bond donors (Lipinski definition) is 0. The van der Waals surface area contributed by atoms with E-state index < -0.39 is 18.0 Å². The number of benzene rings is 1. The highest BCUT2D eigenvalue weighted by Gasteiger charge is 2.43. The molecule has 0 saturated heterocycles. The third-order valence-electron chi connectivity index (χ3n) is 2.24. The molecule has 0 radical (unpaired) electrons. The lowest BCUT2D eigenvalue weighted by molar-refractivity contribution is -0.286. The quantitative estimate of drug-likeness (QED) is 0.604. The molecular formula is C11H8F2O5. The average molecular weight is 258 g/mol. The number of ketones is 1. The fraction of sp³-hybridized carbons (Fsp3) is 0.273. The number of ether oxygens (including phenoxy) is 3. The maximum atomic E-state index is 12.7. The number of alkyl halides is 2. The van der Waals surface area contributed by atoms with E-state index in [1.807, 2.05) is 0 Å². The van der Waals surface area contributed by atoms with Gasteiger partial charge in [-0.05, 0) is 17.7 Å². The number of methoxy groups -OCH3 is 1. The largest absolute Gasteiger partial charge is 0.586 e. The first kappa shape index (κ1) is 12.3. The van der Waals surface area contributed by atoms with Crippen molar-refractivity contribution in [3.8, 4) is 11.5 Å². The Hall–Kier alpha value is -2.18. The highest BCUT2D eigenvalue weighted by Crippen LogP contribution is 2.41. The predicted octanol–water partition coefficient (Wildman–Crippen LogP) is 1.29. The van der Waals surface area contributed by atoms with Crippen LogP contribution < -0.4 is 9.47 Å². The lowest BCUT2D eigenvalue weighted by Crippen LogP contribution is -2.25. The van der Waals surface area contributed by atoms with Crippen LogP contribution in [0.2, 0.25) is 0 Å². The van der Waals surface area contributed by atoms with E-state index in [2.05, 4.69) is 14.2 Å². The Balaban J connectivity index is 2.14. The minimum Gasteiger partial charge on any atom is -0.463 e.